The minimum atomic E-state index is 0.629. The molecule has 0 radical (unpaired) electrons. The number of hydrogen-bond acceptors (Lipinski definition) is 2. The number of hydrogen-bond donors (Lipinski definition) is 1. The summed E-state index contributed by atoms with van der Waals surface area (Å²) in [7, 11) is 0. The molecule has 0 atom stereocenters. The molecule has 1 heterocycles. The largest absolute Gasteiger partial charge is 0.343 e. The van der Waals surface area contributed by atoms with Crippen LogP contribution in [0.15, 0.2) is 30.3 Å². The number of aromatic amines is 1. The molecule has 1 aromatic carbocycles. The number of benzene rings is 1. The van der Waals surface area contributed by atoms with E-state index in [4.69, 9.17) is 12.2 Å². The molecule has 1 N–H and O–H groups in total. The van der Waals surface area contributed by atoms with Gasteiger partial charge in [0.25, 0.3) is 0 Å². The monoisotopic (exact) mass is 216 g/mol. The fraction of sp³-hybridized carbons (Fsp3) is 0.167. The lowest BCUT2D eigenvalue weighted by atomic mass is 10.1. The summed E-state index contributed by atoms with van der Waals surface area (Å²) < 4.78 is 0.629. The molecule has 0 saturated heterocycles. The predicted molar refractivity (Wildman–Crippen MR) is 64.3 cm³/mol. The number of aromatic nitrogens is 2. The lowest BCUT2D eigenvalue weighted by Crippen LogP contribution is -1.92. The smallest absolute Gasteiger partial charge is 0.130 e. The molecule has 0 unspecified atom stereocenters. The molecule has 0 fully saturated rings. The van der Waals surface area contributed by atoms with Crippen molar-refractivity contribution in [2.45, 2.75) is 13.8 Å². The van der Waals surface area contributed by atoms with Crippen molar-refractivity contribution in [3.05, 3.63) is 46.4 Å². The Morgan fingerprint density at radius 3 is 2.60 bits per heavy atom. The van der Waals surface area contributed by atoms with Crippen molar-refractivity contribution in [1.82, 2.24) is 9.97 Å². The van der Waals surface area contributed by atoms with Gasteiger partial charge < -0.3 is 4.98 Å². The summed E-state index contributed by atoms with van der Waals surface area (Å²) in [5.41, 5.74) is 3.44. The predicted octanol–water partition coefficient (Wildman–Crippen LogP) is 3.42. The first-order chi connectivity index (χ1) is 7.16. The molecular formula is C12H12N2S. The Labute approximate surface area is 94.0 Å². The molecule has 0 amide bonds. The average molecular weight is 216 g/mol. The van der Waals surface area contributed by atoms with Gasteiger partial charge in [-0.3, -0.25) is 0 Å². The van der Waals surface area contributed by atoms with Crippen LogP contribution in [-0.4, -0.2) is 9.97 Å². The summed E-state index contributed by atoms with van der Waals surface area (Å²) in [6.07, 6.45) is 0. The van der Waals surface area contributed by atoms with Crippen molar-refractivity contribution in [1.29, 1.82) is 0 Å². The van der Waals surface area contributed by atoms with Crippen molar-refractivity contribution in [2.24, 2.45) is 0 Å². The molecule has 15 heavy (non-hydrogen) atoms. The molecule has 0 saturated carbocycles. The second-order valence-electron chi connectivity index (χ2n) is 3.53. The van der Waals surface area contributed by atoms with E-state index in [0.29, 0.717) is 4.64 Å². The number of H-pyrrole nitrogens is 1. The molecule has 0 aliphatic rings. The van der Waals surface area contributed by atoms with Gasteiger partial charge in [0.15, 0.2) is 0 Å². The highest BCUT2D eigenvalue weighted by atomic mass is 32.1. The summed E-state index contributed by atoms with van der Waals surface area (Å²) in [6, 6.07) is 10.1. The van der Waals surface area contributed by atoms with Crippen molar-refractivity contribution in [2.75, 3.05) is 0 Å². The second-order valence-corrected chi connectivity index (χ2v) is 3.95. The zero-order valence-electron chi connectivity index (χ0n) is 8.74. The zero-order valence-corrected chi connectivity index (χ0v) is 9.56. The van der Waals surface area contributed by atoms with E-state index >= 15 is 0 Å². The standard InChI is InChI=1S/C12H12N2S/c1-8-5-3-4-6-10(8)11-7-12(15)14-9(2)13-11/h3-7H,1-2H3,(H,13,14,15). The number of rotatable bonds is 1. The van der Waals surface area contributed by atoms with Gasteiger partial charge in [-0.15, -0.1) is 0 Å². The van der Waals surface area contributed by atoms with E-state index in [0.717, 1.165) is 11.5 Å². The second kappa shape index (κ2) is 3.95. The van der Waals surface area contributed by atoms with Gasteiger partial charge in [0, 0.05) is 11.3 Å². The fourth-order valence-electron chi connectivity index (χ4n) is 1.60. The Bertz CT molecular complexity index is 543. The van der Waals surface area contributed by atoms with E-state index in [1.165, 1.54) is 11.1 Å². The summed E-state index contributed by atoms with van der Waals surface area (Å²) in [4.78, 5) is 7.38. The van der Waals surface area contributed by atoms with Gasteiger partial charge in [0.1, 0.15) is 10.5 Å². The van der Waals surface area contributed by atoms with Gasteiger partial charge in [-0.05, 0) is 25.5 Å². The van der Waals surface area contributed by atoms with Crippen LogP contribution >= 0.6 is 12.2 Å². The summed E-state index contributed by atoms with van der Waals surface area (Å²) in [5, 5.41) is 0. The summed E-state index contributed by atoms with van der Waals surface area (Å²) in [6.45, 7) is 4.00. The third-order valence-corrected chi connectivity index (χ3v) is 2.51. The molecule has 0 bridgehead atoms. The SMILES string of the molecule is Cc1nc(=S)cc(-c2ccccc2C)[nH]1. The third kappa shape index (κ3) is 2.13. The average Bonchev–Trinajstić information content (AvgIpc) is 2.16. The maximum absolute atomic E-state index is 5.10. The highest BCUT2D eigenvalue weighted by Gasteiger charge is 2.01. The van der Waals surface area contributed by atoms with Gasteiger partial charge in [-0.2, -0.15) is 0 Å². The number of nitrogens with zero attached hydrogens (tertiary/aromatic N) is 1. The zero-order chi connectivity index (χ0) is 10.8. The molecule has 0 aliphatic heterocycles. The van der Waals surface area contributed by atoms with E-state index in [9.17, 15) is 0 Å². The van der Waals surface area contributed by atoms with E-state index in [1.807, 2.05) is 25.1 Å². The highest BCUT2D eigenvalue weighted by Crippen LogP contribution is 2.20. The third-order valence-electron chi connectivity index (χ3n) is 2.30. The van der Waals surface area contributed by atoms with E-state index < -0.39 is 0 Å². The van der Waals surface area contributed by atoms with Gasteiger partial charge in [-0.25, -0.2) is 4.98 Å². The maximum atomic E-state index is 5.10. The normalized spacial score (nSPS) is 10.3. The van der Waals surface area contributed by atoms with Gasteiger partial charge in [-0.1, -0.05) is 36.5 Å². The van der Waals surface area contributed by atoms with E-state index in [-0.39, 0.29) is 0 Å². The van der Waals surface area contributed by atoms with Crippen molar-refractivity contribution in [3.8, 4) is 11.3 Å². The first-order valence-corrected chi connectivity index (χ1v) is 5.21. The van der Waals surface area contributed by atoms with Crippen LogP contribution in [0.5, 0.6) is 0 Å². The lowest BCUT2D eigenvalue weighted by molar-refractivity contribution is 1.04. The van der Waals surface area contributed by atoms with Crippen LogP contribution < -0.4 is 0 Å². The number of nitrogens with one attached hydrogen (secondary N) is 1. The van der Waals surface area contributed by atoms with Crippen LogP contribution in [-0.2, 0) is 0 Å². The van der Waals surface area contributed by atoms with Crippen molar-refractivity contribution in [3.63, 3.8) is 0 Å². The Morgan fingerprint density at radius 2 is 1.93 bits per heavy atom. The van der Waals surface area contributed by atoms with Crippen LogP contribution in [0.3, 0.4) is 0 Å². The van der Waals surface area contributed by atoms with Crippen molar-refractivity contribution >= 4 is 12.2 Å². The lowest BCUT2D eigenvalue weighted by Gasteiger charge is -2.06. The van der Waals surface area contributed by atoms with Crippen LogP contribution in [0, 0.1) is 18.5 Å². The Morgan fingerprint density at radius 1 is 1.20 bits per heavy atom. The first-order valence-electron chi connectivity index (χ1n) is 4.81. The minimum Gasteiger partial charge on any atom is -0.343 e. The molecule has 0 aliphatic carbocycles. The minimum absolute atomic E-state index is 0.629. The molecular weight excluding hydrogens is 204 g/mol. The molecule has 1 aromatic heterocycles. The fourth-order valence-corrected chi connectivity index (χ4v) is 1.85. The first kappa shape index (κ1) is 10.1. The molecule has 2 aromatic rings. The molecule has 2 nitrogen and oxygen atoms in total. The number of aryl methyl sites for hydroxylation is 2. The highest BCUT2D eigenvalue weighted by molar-refractivity contribution is 7.71. The van der Waals surface area contributed by atoms with Crippen LogP contribution in [0.4, 0.5) is 0 Å². The molecule has 76 valence electrons. The molecule has 0 spiro atoms. The maximum Gasteiger partial charge on any atom is 0.130 e. The van der Waals surface area contributed by atoms with Gasteiger partial charge in [0.2, 0.25) is 0 Å². The summed E-state index contributed by atoms with van der Waals surface area (Å²) in [5.74, 6) is 0.848. The van der Waals surface area contributed by atoms with E-state index in [2.05, 4.69) is 29.0 Å². The van der Waals surface area contributed by atoms with Gasteiger partial charge in [0.05, 0.1) is 0 Å². The van der Waals surface area contributed by atoms with Crippen LogP contribution in [0.25, 0.3) is 11.3 Å². The van der Waals surface area contributed by atoms with Crippen LogP contribution in [0.2, 0.25) is 0 Å². The topological polar surface area (TPSA) is 28.7 Å². The Hall–Kier alpha value is -1.48. The van der Waals surface area contributed by atoms with Gasteiger partial charge >= 0.3 is 0 Å². The molecule has 3 heteroatoms. The van der Waals surface area contributed by atoms with Crippen molar-refractivity contribution < 1.29 is 0 Å². The van der Waals surface area contributed by atoms with Crippen LogP contribution in [0.1, 0.15) is 11.4 Å². The molecule has 2 rings (SSSR count). The van der Waals surface area contributed by atoms with E-state index in [1.54, 1.807) is 0 Å². The Kier molecular flexibility index (Phi) is 2.64. The quantitative estimate of drug-likeness (QED) is 0.740. The summed E-state index contributed by atoms with van der Waals surface area (Å²) >= 11 is 5.10. The Balaban J connectivity index is 2.64.